The van der Waals surface area contributed by atoms with Crippen molar-refractivity contribution in [1.29, 1.82) is 0 Å². The Morgan fingerprint density at radius 3 is 3.11 bits per heavy atom. The Balaban J connectivity index is 1.87. The quantitative estimate of drug-likeness (QED) is 0.837. The van der Waals surface area contributed by atoms with Crippen LogP contribution in [-0.2, 0) is 0 Å². The van der Waals surface area contributed by atoms with Gasteiger partial charge in [-0.25, -0.2) is 4.98 Å². The average Bonchev–Trinajstić information content (AvgIpc) is 2.44. The summed E-state index contributed by atoms with van der Waals surface area (Å²) in [4.78, 5) is 4.40. The second-order valence-corrected chi connectivity index (χ2v) is 5.72. The van der Waals surface area contributed by atoms with Crippen molar-refractivity contribution < 1.29 is 4.74 Å². The van der Waals surface area contributed by atoms with E-state index in [0.717, 1.165) is 43.0 Å². The lowest BCUT2D eigenvalue weighted by Gasteiger charge is -2.27. The summed E-state index contributed by atoms with van der Waals surface area (Å²) in [6, 6.07) is 3.92. The number of nitrogens with one attached hydrogen (secondary N) is 1. The molecule has 1 heterocycles. The van der Waals surface area contributed by atoms with Crippen LogP contribution >= 0.6 is 0 Å². The van der Waals surface area contributed by atoms with Gasteiger partial charge in [0.05, 0.1) is 6.61 Å². The predicted molar refractivity (Wildman–Crippen MR) is 79.6 cm³/mol. The van der Waals surface area contributed by atoms with Gasteiger partial charge in [-0.3, -0.25) is 0 Å². The van der Waals surface area contributed by atoms with Crippen LogP contribution in [-0.4, -0.2) is 18.1 Å². The molecule has 19 heavy (non-hydrogen) atoms. The largest absolute Gasteiger partial charge is 0.490 e. The Hall–Kier alpha value is -1.25. The maximum atomic E-state index is 5.72. The third kappa shape index (κ3) is 4.41. The Morgan fingerprint density at radius 1 is 1.42 bits per heavy atom. The molecule has 1 aromatic rings. The van der Waals surface area contributed by atoms with E-state index in [9.17, 15) is 0 Å². The van der Waals surface area contributed by atoms with Gasteiger partial charge in [0.25, 0.3) is 0 Å². The summed E-state index contributed by atoms with van der Waals surface area (Å²) in [5, 5.41) is 3.48. The third-order valence-corrected chi connectivity index (χ3v) is 3.84. The number of aromatic nitrogens is 1. The SMILES string of the molecule is CCCOc1cccnc1NCC1CCCC(C)C1. The van der Waals surface area contributed by atoms with Crippen LogP contribution in [0.2, 0.25) is 0 Å². The third-order valence-electron chi connectivity index (χ3n) is 3.84. The van der Waals surface area contributed by atoms with Gasteiger partial charge in [0.15, 0.2) is 11.6 Å². The Bertz CT molecular complexity index is 381. The second-order valence-electron chi connectivity index (χ2n) is 5.72. The van der Waals surface area contributed by atoms with Crippen LogP contribution in [0.25, 0.3) is 0 Å². The van der Waals surface area contributed by atoms with E-state index < -0.39 is 0 Å². The van der Waals surface area contributed by atoms with E-state index in [4.69, 9.17) is 4.74 Å². The summed E-state index contributed by atoms with van der Waals surface area (Å²) in [5.41, 5.74) is 0. The summed E-state index contributed by atoms with van der Waals surface area (Å²) in [7, 11) is 0. The maximum Gasteiger partial charge on any atom is 0.168 e. The van der Waals surface area contributed by atoms with Crippen LogP contribution < -0.4 is 10.1 Å². The highest BCUT2D eigenvalue weighted by atomic mass is 16.5. The molecule has 2 atom stereocenters. The molecule has 0 bridgehead atoms. The molecule has 3 heteroatoms. The monoisotopic (exact) mass is 262 g/mol. The van der Waals surface area contributed by atoms with Crippen molar-refractivity contribution in [3.05, 3.63) is 18.3 Å². The van der Waals surface area contributed by atoms with Crippen LogP contribution in [0.1, 0.15) is 46.0 Å². The first-order chi connectivity index (χ1) is 9.29. The van der Waals surface area contributed by atoms with Crippen LogP contribution in [0.4, 0.5) is 5.82 Å². The maximum absolute atomic E-state index is 5.72. The topological polar surface area (TPSA) is 34.1 Å². The fourth-order valence-electron chi connectivity index (χ4n) is 2.84. The van der Waals surface area contributed by atoms with Crippen molar-refractivity contribution >= 4 is 5.82 Å². The van der Waals surface area contributed by atoms with Crippen LogP contribution in [0.3, 0.4) is 0 Å². The highest BCUT2D eigenvalue weighted by Crippen LogP contribution is 2.29. The molecule has 1 aromatic heterocycles. The lowest BCUT2D eigenvalue weighted by molar-refractivity contribution is 0.292. The van der Waals surface area contributed by atoms with Gasteiger partial charge < -0.3 is 10.1 Å². The highest BCUT2D eigenvalue weighted by molar-refractivity contribution is 5.49. The van der Waals surface area contributed by atoms with Gasteiger partial charge in [0.2, 0.25) is 0 Å². The van der Waals surface area contributed by atoms with Gasteiger partial charge in [-0.2, -0.15) is 0 Å². The van der Waals surface area contributed by atoms with Gasteiger partial charge in [-0.15, -0.1) is 0 Å². The number of nitrogens with zero attached hydrogens (tertiary/aromatic N) is 1. The molecule has 1 aliphatic carbocycles. The van der Waals surface area contributed by atoms with E-state index >= 15 is 0 Å². The van der Waals surface area contributed by atoms with Crippen molar-refractivity contribution in [2.75, 3.05) is 18.5 Å². The number of ether oxygens (including phenoxy) is 1. The zero-order valence-electron chi connectivity index (χ0n) is 12.2. The van der Waals surface area contributed by atoms with Crippen LogP contribution in [0.5, 0.6) is 5.75 Å². The Kier molecular flexibility index (Phi) is 5.49. The van der Waals surface area contributed by atoms with Gasteiger partial charge >= 0.3 is 0 Å². The first-order valence-corrected chi connectivity index (χ1v) is 7.61. The van der Waals surface area contributed by atoms with Crippen molar-refractivity contribution in [2.45, 2.75) is 46.0 Å². The standard InChI is InChI=1S/C16H26N2O/c1-3-10-19-15-8-5-9-17-16(15)18-12-14-7-4-6-13(2)11-14/h5,8-9,13-14H,3-4,6-7,10-12H2,1-2H3,(H,17,18). The molecule has 1 saturated carbocycles. The van der Waals surface area contributed by atoms with E-state index in [2.05, 4.69) is 24.1 Å². The molecule has 0 saturated heterocycles. The van der Waals surface area contributed by atoms with E-state index in [1.807, 2.05) is 18.3 Å². The molecular formula is C16H26N2O. The second kappa shape index (κ2) is 7.37. The van der Waals surface area contributed by atoms with Crippen molar-refractivity contribution in [2.24, 2.45) is 11.8 Å². The molecule has 0 amide bonds. The van der Waals surface area contributed by atoms with Gasteiger partial charge in [0, 0.05) is 12.7 Å². The summed E-state index contributed by atoms with van der Waals surface area (Å²) >= 11 is 0. The van der Waals surface area contributed by atoms with E-state index in [-0.39, 0.29) is 0 Å². The number of pyridine rings is 1. The van der Waals surface area contributed by atoms with Gasteiger partial charge in [-0.05, 0) is 43.2 Å². The molecule has 106 valence electrons. The average molecular weight is 262 g/mol. The molecule has 3 nitrogen and oxygen atoms in total. The summed E-state index contributed by atoms with van der Waals surface area (Å²) < 4.78 is 5.72. The first kappa shape index (κ1) is 14.2. The molecule has 1 N–H and O–H groups in total. The van der Waals surface area contributed by atoms with E-state index in [1.54, 1.807) is 0 Å². The zero-order chi connectivity index (χ0) is 13.5. The van der Waals surface area contributed by atoms with Gasteiger partial charge in [-0.1, -0.05) is 26.7 Å². The lowest BCUT2D eigenvalue weighted by Crippen LogP contribution is -2.21. The summed E-state index contributed by atoms with van der Waals surface area (Å²) in [5.74, 6) is 3.44. The van der Waals surface area contributed by atoms with Crippen LogP contribution in [0.15, 0.2) is 18.3 Å². The number of rotatable bonds is 6. The van der Waals surface area contributed by atoms with E-state index in [0.29, 0.717) is 0 Å². The summed E-state index contributed by atoms with van der Waals surface area (Å²) in [6.45, 7) is 6.25. The van der Waals surface area contributed by atoms with Crippen LogP contribution in [0, 0.1) is 11.8 Å². The minimum absolute atomic E-state index is 0.751. The molecule has 1 fully saturated rings. The minimum Gasteiger partial charge on any atom is -0.490 e. The molecule has 2 rings (SSSR count). The Labute approximate surface area is 116 Å². The smallest absolute Gasteiger partial charge is 0.168 e. The number of hydrogen-bond donors (Lipinski definition) is 1. The zero-order valence-corrected chi connectivity index (χ0v) is 12.2. The van der Waals surface area contributed by atoms with Crippen molar-refractivity contribution in [1.82, 2.24) is 4.98 Å². The van der Waals surface area contributed by atoms with Gasteiger partial charge in [0.1, 0.15) is 0 Å². The lowest BCUT2D eigenvalue weighted by atomic mass is 9.82. The van der Waals surface area contributed by atoms with E-state index in [1.165, 1.54) is 25.7 Å². The predicted octanol–water partition coefficient (Wildman–Crippen LogP) is 4.11. The normalized spacial score (nSPS) is 23.1. The molecule has 0 radical (unpaired) electrons. The molecule has 1 aliphatic rings. The molecule has 2 unspecified atom stereocenters. The minimum atomic E-state index is 0.751. The Morgan fingerprint density at radius 2 is 2.32 bits per heavy atom. The first-order valence-electron chi connectivity index (χ1n) is 7.61. The molecule has 0 aromatic carbocycles. The number of hydrogen-bond acceptors (Lipinski definition) is 3. The molecule has 0 aliphatic heterocycles. The molecular weight excluding hydrogens is 236 g/mol. The number of anilines is 1. The summed E-state index contributed by atoms with van der Waals surface area (Å²) in [6.07, 6.45) is 8.29. The fourth-order valence-corrected chi connectivity index (χ4v) is 2.84. The highest BCUT2D eigenvalue weighted by Gasteiger charge is 2.19. The van der Waals surface area contributed by atoms with Crippen molar-refractivity contribution in [3.63, 3.8) is 0 Å². The molecule has 0 spiro atoms. The fraction of sp³-hybridized carbons (Fsp3) is 0.688. The van der Waals surface area contributed by atoms with Crippen molar-refractivity contribution in [3.8, 4) is 5.75 Å².